The number of guanidine groups is 1. The van der Waals surface area contributed by atoms with Gasteiger partial charge in [0.1, 0.15) is 12.4 Å². The molecule has 1 fully saturated rings. The first-order chi connectivity index (χ1) is 14.2. The molecule has 30 heavy (non-hydrogen) atoms. The van der Waals surface area contributed by atoms with E-state index in [9.17, 15) is 0 Å². The number of halogens is 1. The van der Waals surface area contributed by atoms with E-state index in [-0.39, 0.29) is 29.4 Å². The molecule has 0 amide bonds. The van der Waals surface area contributed by atoms with Gasteiger partial charge in [0, 0.05) is 30.4 Å². The zero-order valence-corrected chi connectivity index (χ0v) is 20.6. The van der Waals surface area contributed by atoms with Crippen LogP contribution >= 0.6 is 35.3 Å². The molecular weight excluding hydrogens is 507 g/mol. The number of aromatic nitrogens is 3. The molecule has 2 heterocycles. The van der Waals surface area contributed by atoms with E-state index in [4.69, 9.17) is 4.99 Å². The van der Waals surface area contributed by atoms with Crippen molar-refractivity contribution in [3.63, 3.8) is 0 Å². The number of aryl methyl sites for hydroxylation is 1. The molecule has 2 aromatic heterocycles. The molecule has 1 aliphatic rings. The van der Waals surface area contributed by atoms with Gasteiger partial charge in [-0.15, -0.1) is 45.5 Å². The zero-order valence-electron chi connectivity index (χ0n) is 17.5. The quantitative estimate of drug-likeness (QED) is 0.261. The SMILES string of the molecule is Cc1nnc(CN=C(NCCc2cccs2)NCC2(c3ccccc3)CC2)n1C.I. The molecule has 3 aromatic rings. The fraction of sp³-hybridized carbons (Fsp3) is 0.409. The second-order valence-electron chi connectivity index (χ2n) is 7.64. The first kappa shape index (κ1) is 22.7. The highest BCUT2D eigenvalue weighted by atomic mass is 127. The predicted octanol–water partition coefficient (Wildman–Crippen LogP) is 3.81. The Morgan fingerprint density at radius 1 is 1.13 bits per heavy atom. The molecule has 1 aliphatic carbocycles. The lowest BCUT2D eigenvalue weighted by Gasteiger charge is -2.19. The van der Waals surface area contributed by atoms with Gasteiger partial charge in [0.05, 0.1) is 0 Å². The average molecular weight is 536 g/mol. The van der Waals surface area contributed by atoms with Gasteiger partial charge < -0.3 is 15.2 Å². The van der Waals surface area contributed by atoms with Gasteiger partial charge in [-0.25, -0.2) is 4.99 Å². The fourth-order valence-corrected chi connectivity index (χ4v) is 4.14. The molecule has 0 atom stereocenters. The lowest BCUT2D eigenvalue weighted by molar-refractivity contribution is 0.642. The summed E-state index contributed by atoms with van der Waals surface area (Å²) in [6.07, 6.45) is 3.43. The summed E-state index contributed by atoms with van der Waals surface area (Å²) in [5.41, 5.74) is 1.65. The molecule has 2 N–H and O–H groups in total. The molecule has 0 bridgehead atoms. The van der Waals surface area contributed by atoms with Crippen LogP contribution in [0.25, 0.3) is 0 Å². The maximum Gasteiger partial charge on any atom is 0.191 e. The Hall–Kier alpha value is -1.94. The van der Waals surface area contributed by atoms with Crippen molar-refractivity contribution in [1.82, 2.24) is 25.4 Å². The summed E-state index contributed by atoms with van der Waals surface area (Å²) in [7, 11) is 1.98. The Kier molecular flexibility index (Phi) is 7.87. The van der Waals surface area contributed by atoms with Crippen LogP contribution in [0.2, 0.25) is 0 Å². The van der Waals surface area contributed by atoms with E-state index in [2.05, 4.69) is 68.7 Å². The lowest BCUT2D eigenvalue weighted by Crippen LogP contribution is -2.42. The molecule has 160 valence electrons. The van der Waals surface area contributed by atoms with Crippen molar-refractivity contribution in [2.24, 2.45) is 12.0 Å². The first-order valence-corrected chi connectivity index (χ1v) is 11.0. The van der Waals surface area contributed by atoms with Crippen LogP contribution in [-0.4, -0.2) is 33.8 Å². The average Bonchev–Trinajstić information content (AvgIpc) is 3.24. The van der Waals surface area contributed by atoms with Crippen molar-refractivity contribution in [2.45, 2.75) is 38.1 Å². The van der Waals surface area contributed by atoms with E-state index < -0.39 is 0 Å². The summed E-state index contributed by atoms with van der Waals surface area (Å²) in [5.74, 6) is 2.60. The van der Waals surface area contributed by atoms with Crippen molar-refractivity contribution in [3.05, 3.63) is 69.9 Å². The number of nitrogens with zero attached hydrogens (tertiary/aromatic N) is 4. The minimum absolute atomic E-state index is 0. The minimum Gasteiger partial charge on any atom is -0.356 e. The maximum atomic E-state index is 4.79. The Morgan fingerprint density at radius 2 is 1.93 bits per heavy atom. The Bertz CT molecular complexity index is 947. The Morgan fingerprint density at radius 3 is 2.57 bits per heavy atom. The van der Waals surface area contributed by atoms with Crippen LogP contribution in [0.5, 0.6) is 0 Å². The van der Waals surface area contributed by atoms with Crippen LogP contribution in [0, 0.1) is 6.92 Å². The van der Waals surface area contributed by atoms with Crippen LogP contribution in [0.1, 0.15) is 34.9 Å². The zero-order chi connectivity index (χ0) is 20.1. The first-order valence-electron chi connectivity index (χ1n) is 10.1. The standard InChI is InChI=1S/C22H28N6S.HI/c1-17-26-27-20(28(17)2)15-24-21(23-13-10-19-9-6-14-29-19)25-16-22(11-12-22)18-7-4-3-5-8-18;/h3-9,14H,10-13,15-16H2,1-2H3,(H2,23,24,25);1H. The summed E-state index contributed by atoms with van der Waals surface area (Å²) in [6, 6.07) is 15.1. The van der Waals surface area contributed by atoms with Gasteiger partial charge in [0.2, 0.25) is 0 Å². The van der Waals surface area contributed by atoms with Crippen LogP contribution in [0.4, 0.5) is 0 Å². The molecule has 0 unspecified atom stereocenters. The molecule has 0 radical (unpaired) electrons. The molecule has 8 heteroatoms. The number of thiophene rings is 1. The van der Waals surface area contributed by atoms with E-state index in [0.29, 0.717) is 6.54 Å². The van der Waals surface area contributed by atoms with Gasteiger partial charge in [-0.2, -0.15) is 0 Å². The second-order valence-corrected chi connectivity index (χ2v) is 8.68. The number of aliphatic imine (C=N–C) groups is 1. The highest BCUT2D eigenvalue weighted by molar-refractivity contribution is 14.0. The van der Waals surface area contributed by atoms with Crippen molar-refractivity contribution in [3.8, 4) is 0 Å². The monoisotopic (exact) mass is 536 g/mol. The van der Waals surface area contributed by atoms with Gasteiger partial charge in [0.25, 0.3) is 0 Å². The number of hydrogen-bond acceptors (Lipinski definition) is 4. The Balaban J connectivity index is 0.00000256. The third kappa shape index (κ3) is 5.60. The van der Waals surface area contributed by atoms with Crippen LogP contribution in [-0.2, 0) is 25.4 Å². The molecule has 1 aromatic carbocycles. The van der Waals surface area contributed by atoms with Crippen molar-refractivity contribution in [1.29, 1.82) is 0 Å². The summed E-state index contributed by atoms with van der Waals surface area (Å²) >= 11 is 1.79. The minimum atomic E-state index is 0. The molecule has 0 saturated heterocycles. The number of hydrogen-bond donors (Lipinski definition) is 2. The highest BCUT2D eigenvalue weighted by Crippen LogP contribution is 2.47. The maximum absolute atomic E-state index is 4.79. The third-order valence-electron chi connectivity index (χ3n) is 5.64. The summed E-state index contributed by atoms with van der Waals surface area (Å²) in [4.78, 5) is 6.16. The topological polar surface area (TPSA) is 67.1 Å². The normalized spacial score (nSPS) is 14.8. The number of rotatable bonds is 8. The molecular formula is C22H29IN6S. The van der Waals surface area contributed by atoms with E-state index >= 15 is 0 Å². The van der Waals surface area contributed by atoms with E-state index in [1.807, 2.05) is 18.5 Å². The van der Waals surface area contributed by atoms with E-state index in [0.717, 1.165) is 37.1 Å². The number of nitrogens with one attached hydrogen (secondary N) is 2. The third-order valence-corrected chi connectivity index (χ3v) is 6.58. The smallest absolute Gasteiger partial charge is 0.191 e. The molecule has 0 spiro atoms. The van der Waals surface area contributed by atoms with Crippen molar-refractivity contribution < 1.29 is 0 Å². The Labute approximate surface area is 199 Å². The highest BCUT2D eigenvalue weighted by Gasteiger charge is 2.44. The molecule has 6 nitrogen and oxygen atoms in total. The van der Waals surface area contributed by atoms with Gasteiger partial charge in [-0.1, -0.05) is 36.4 Å². The van der Waals surface area contributed by atoms with Crippen LogP contribution < -0.4 is 10.6 Å². The van der Waals surface area contributed by atoms with E-state index in [1.54, 1.807) is 11.3 Å². The van der Waals surface area contributed by atoms with Gasteiger partial charge in [-0.3, -0.25) is 0 Å². The molecule has 4 rings (SSSR count). The second kappa shape index (κ2) is 10.4. The van der Waals surface area contributed by atoms with Gasteiger partial charge in [0.15, 0.2) is 11.8 Å². The molecule has 0 aliphatic heterocycles. The van der Waals surface area contributed by atoms with Crippen LogP contribution in [0.3, 0.4) is 0 Å². The fourth-order valence-electron chi connectivity index (χ4n) is 3.43. The van der Waals surface area contributed by atoms with Crippen LogP contribution in [0.15, 0.2) is 52.8 Å². The largest absolute Gasteiger partial charge is 0.356 e. The number of benzene rings is 1. The summed E-state index contributed by atoms with van der Waals surface area (Å²) < 4.78 is 1.99. The van der Waals surface area contributed by atoms with Crippen molar-refractivity contribution >= 4 is 41.3 Å². The molecule has 1 saturated carbocycles. The summed E-state index contributed by atoms with van der Waals surface area (Å²) in [5, 5.41) is 17.6. The van der Waals surface area contributed by atoms with E-state index in [1.165, 1.54) is 23.3 Å². The van der Waals surface area contributed by atoms with Gasteiger partial charge >= 0.3 is 0 Å². The lowest BCUT2D eigenvalue weighted by atomic mass is 9.96. The predicted molar refractivity (Wildman–Crippen MR) is 134 cm³/mol. The van der Waals surface area contributed by atoms with Crippen molar-refractivity contribution in [2.75, 3.05) is 13.1 Å². The summed E-state index contributed by atoms with van der Waals surface area (Å²) in [6.45, 7) is 4.20. The van der Waals surface area contributed by atoms with Gasteiger partial charge in [-0.05, 0) is 43.2 Å².